The van der Waals surface area contributed by atoms with E-state index in [1.54, 1.807) is 11.0 Å². The summed E-state index contributed by atoms with van der Waals surface area (Å²) in [6.45, 7) is 37.1. The number of carbonyl (C=O) groups excluding carboxylic acids is 3. The van der Waals surface area contributed by atoms with Gasteiger partial charge in [0.25, 0.3) is 16.6 Å². The van der Waals surface area contributed by atoms with Gasteiger partial charge in [-0.05, 0) is 133 Å². The zero-order chi connectivity index (χ0) is 68.3. The third kappa shape index (κ3) is 14.4. The van der Waals surface area contributed by atoms with E-state index in [9.17, 15) is 4.79 Å². The largest absolute Gasteiger partial charge is 0.444 e. The van der Waals surface area contributed by atoms with E-state index in [-0.39, 0.29) is 91.3 Å². The van der Waals surface area contributed by atoms with Crippen molar-refractivity contribution in [2.24, 2.45) is 17.8 Å². The van der Waals surface area contributed by atoms with Crippen molar-refractivity contribution in [1.82, 2.24) is 4.90 Å². The molecular formula is C80H107NO13Si2. The fourth-order valence-electron chi connectivity index (χ4n) is 17.5. The second-order valence-electron chi connectivity index (χ2n) is 32.6. The zero-order valence-electron chi connectivity index (χ0n) is 59.2. The SMILES string of the molecule is C=C1C[C@@H]2/C=C/C(=O)C[C@H]3O[C@H]4[C@@H](O[Si](c5ccccc5)(c5ccccc5)C(C)(C)C)[C@H]5O[C@H](CC[C@@H]5O[C@H]4[C@H]3O[Si](c3ccccc3)(c3ccccc3)C(C)(C)C)CC(=O)C[C@@H]3[C@@H](C)[C@@H](C[C@H]4CN(C(=O)OC(C)(C)C)C(C)(C)O4)O[C@H]3CC3O[C@@H](CCC1O2)C[C@@H](C)C3=C. The Morgan fingerprint density at radius 3 is 1.69 bits per heavy atom. The van der Waals surface area contributed by atoms with Crippen molar-refractivity contribution in [2.75, 3.05) is 6.54 Å². The Morgan fingerprint density at radius 2 is 1.12 bits per heavy atom. The molecule has 96 heavy (non-hydrogen) atoms. The molecule has 1 amide bonds. The smallest absolute Gasteiger partial charge is 0.412 e. The normalized spacial score (nSPS) is 34.4. The number of ether oxygens (including phenoxy) is 8. The maximum absolute atomic E-state index is 15.4. The van der Waals surface area contributed by atoms with Crippen LogP contribution in [0.15, 0.2) is 158 Å². The van der Waals surface area contributed by atoms with Crippen molar-refractivity contribution in [3.8, 4) is 0 Å². The van der Waals surface area contributed by atoms with Gasteiger partial charge < -0.3 is 46.7 Å². The number of benzene rings is 4. The van der Waals surface area contributed by atoms with Crippen LogP contribution in [-0.2, 0) is 56.3 Å². The number of Topliss-reactive ketones (excluding diaryl/α,β-unsaturated/α-hetero) is 1. The topological polar surface area (TPSA) is 147 Å². The molecule has 12 rings (SSSR count). The molecule has 8 aliphatic rings. The number of fused-ring (bicyclic) bond motifs is 7. The lowest BCUT2D eigenvalue weighted by atomic mass is 9.78. The number of carbonyl (C=O) groups is 3. The van der Waals surface area contributed by atoms with Crippen LogP contribution in [0.5, 0.6) is 0 Å². The lowest BCUT2D eigenvalue weighted by Crippen LogP contribution is -2.73. The predicted molar refractivity (Wildman–Crippen MR) is 379 cm³/mol. The minimum atomic E-state index is -3.42. The van der Waals surface area contributed by atoms with Gasteiger partial charge in [-0.3, -0.25) is 14.5 Å². The van der Waals surface area contributed by atoms with Crippen LogP contribution in [0.25, 0.3) is 0 Å². The van der Waals surface area contributed by atoms with Crippen molar-refractivity contribution in [2.45, 2.75) is 274 Å². The number of ketones is 2. The monoisotopic (exact) mass is 1350 g/mol. The average molecular weight is 1350 g/mol. The Balaban J connectivity index is 0.937. The minimum absolute atomic E-state index is 0.0110. The number of allylic oxidation sites excluding steroid dienone is 1. The molecule has 16 heteroatoms. The van der Waals surface area contributed by atoms with Gasteiger partial charge in [-0.1, -0.05) is 196 Å². The van der Waals surface area contributed by atoms with E-state index >= 15 is 9.59 Å². The molecular weight excluding hydrogens is 1240 g/mol. The molecule has 518 valence electrons. The van der Waals surface area contributed by atoms with Crippen LogP contribution >= 0.6 is 0 Å². The molecule has 8 bridgehead atoms. The fraction of sp³-hybridized carbons (Fsp3) is 0.588. The van der Waals surface area contributed by atoms with Gasteiger partial charge in [0.15, 0.2) is 5.78 Å². The second kappa shape index (κ2) is 28.1. The first-order valence-electron chi connectivity index (χ1n) is 35.8. The van der Waals surface area contributed by atoms with E-state index in [0.717, 1.165) is 44.7 Å². The molecule has 7 saturated heterocycles. The Kier molecular flexibility index (Phi) is 20.7. The summed E-state index contributed by atoms with van der Waals surface area (Å²) < 4.78 is 73.2. The molecule has 0 N–H and O–H groups in total. The quantitative estimate of drug-likeness (QED) is 0.110. The van der Waals surface area contributed by atoms with Crippen molar-refractivity contribution < 1.29 is 61.1 Å². The van der Waals surface area contributed by atoms with E-state index in [1.807, 2.05) is 40.7 Å². The van der Waals surface area contributed by atoms with Crippen LogP contribution < -0.4 is 20.7 Å². The molecule has 0 saturated carbocycles. The molecule has 0 spiro atoms. The van der Waals surface area contributed by atoms with Gasteiger partial charge in [-0.15, -0.1) is 0 Å². The van der Waals surface area contributed by atoms with Gasteiger partial charge in [-0.25, -0.2) is 4.79 Å². The highest BCUT2D eigenvalue weighted by Gasteiger charge is 2.65. The van der Waals surface area contributed by atoms with Crippen molar-refractivity contribution in [1.29, 1.82) is 0 Å². The molecule has 0 aromatic heterocycles. The predicted octanol–water partition coefficient (Wildman–Crippen LogP) is 12.9. The molecule has 8 heterocycles. The number of rotatable bonds is 10. The average Bonchev–Trinajstić information content (AvgIpc) is 1.31. The van der Waals surface area contributed by atoms with Gasteiger partial charge in [0.2, 0.25) is 0 Å². The number of hydrogen-bond acceptors (Lipinski definition) is 13. The van der Waals surface area contributed by atoms with Crippen molar-refractivity contribution in [3.63, 3.8) is 0 Å². The highest BCUT2D eigenvalue weighted by atomic mass is 28.4. The first kappa shape index (κ1) is 70.6. The van der Waals surface area contributed by atoms with E-state index in [4.69, 9.17) is 46.7 Å². The Bertz CT molecular complexity index is 3340. The summed E-state index contributed by atoms with van der Waals surface area (Å²) in [6, 6.07) is 42.6. The van der Waals surface area contributed by atoms with Crippen LogP contribution in [0.2, 0.25) is 10.1 Å². The van der Waals surface area contributed by atoms with Crippen LogP contribution in [0.4, 0.5) is 4.79 Å². The molecule has 8 aliphatic heterocycles. The van der Waals surface area contributed by atoms with E-state index in [1.165, 1.54) is 0 Å². The fourth-order valence-corrected chi connectivity index (χ4v) is 26.9. The minimum Gasteiger partial charge on any atom is -0.444 e. The summed E-state index contributed by atoms with van der Waals surface area (Å²) >= 11 is 0. The Morgan fingerprint density at radius 1 is 0.583 bits per heavy atom. The molecule has 14 nitrogen and oxygen atoms in total. The number of nitrogens with zero attached hydrogens (tertiary/aromatic N) is 1. The molecule has 0 aliphatic carbocycles. The molecule has 0 radical (unpaired) electrons. The van der Waals surface area contributed by atoms with E-state index in [2.05, 4.69) is 190 Å². The second-order valence-corrected chi connectivity index (χ2v) is 41.1. The lowest BCUT2D eigenvalue weighted by molar-refractivity contribution is -0.254. The zero-order valence-corrected chi connectivity index (χ0v) is 61.2. The van der Waals surface area contributed by atoms with Gasteiger partial charge in [0.1, 0.15) is 47.6 Å². The van der Waals surface area contributed by atoms with Crippen LogP contribution in [0, 0.1) is 17.8 Å². The van der Waals surface area contributed by atoms with E-state index in [0.29, 0.717) is 45.1 Å². The van der Waals surface area contributed by atoms with E-state index < -0.39 is 93.0 Å². The summed E-state index contributed by atoms with van der Waals surface area (Å²) in [7, 11) is -6.79. The van der Waals surface area contributed by atoms with Crippen molar-refractivity contribution in [3.05, 3.63) is 158 Å². The van der Waals surface area contributed by atoms with Gasteiger partial charge in [0, 0.05) is 38.5 Å². The highest BCUT2D eigenvalue weighted by Crippen LogP contribution is 2.50. The first-order valence-corrected chi connectivity index (χ1v) is 39.6. The van der Waals surface area contributed by atoms with Gasteiger partial charge >= 0.3 is 6.09 Å². The van der Waals surface area contributed by atoms with Crippen molar-refractivity contribution >= 4 is 55.0 Å². The first-order chi connectivity index (χ1) is 45.5. The van der Waals surface area contributed by atoms with Crippen LogP contribution in [0.3, 0.4) is 0 Å². The Hall–Kier alpha value is -5.22. The maximum atomic E-state index is 15.4. The molecule has 2 unspecified atom stereocenters. The number of amides is 1. The summed E-state index contributed by atoms with van der Waals surface area (Å²) in [5, 5.41) is 3.54. The molecule has 4 aromatic rings. The summed E-state index contributed by atoms with van der Waals surface area (Å²) in [6.07, 6.45) is 1.54. The third-order valence-corrected chi connectivity index (χ3v) is 32.3. The molecule has 4 aromatic carbocycles. The summed E-state index contributed by atoms with van der Waals surface area (Å²) in [5.41, 5.74) is 0.461. The third-order valence-electron chi connectivity index (χ3n) is 22.3. The Labute approximate surface area is 573 Å². The highest BCUT2D eigenvalue weighted by molar-refractivity contribution is 7.00. The van der Waals surface area contributed by atoms with Gasteiger partial charge in [0.05, 0.1) is 67.6 Å². The van der Waals surface area contributed by atoms with Crippen LogP contribution in [-0.4, -0.2) is 149 Å². The lowest BCUT2D eigenvalue weighted by Gasteiger charge is -2.53. The van der Waals surface area contributed by atoms with Gasteiger partial charge in [-0.2, -0.15) is 0 Å². The summed E-state index contributed by atoms with van der Waals surface area (Å²) in [4.78, 5) is 45.8. The number of hydrogen-bond donors (Lipinski definition) is 0. The standard InChI is InChI=1S/C80H107NO13Si2/c1-50-42-57-38-40-65-51(2)43-56(85-65)37-36-54(82)46-70-72(93-95(78(8,9)10,60-28-20-16-21-29-60)61-30-22-17-23-31-61)73-74(90-70)75(94-96(79(11,12)13,62-32-24-18-25-33-62)63-34-26-19-27-35-63)71-66(89-73)41-39-58(87-71)44-55(83)45-64-53(4)67(88-69(64)48-68(86-57)52(50)3)47-59-49-81(80(14,15)91-59)76(84)92-77(5,6)7/h16-37,50,53,56-59,64-75H,2-3,38-49H2,1,4-15H3/b37-36+/t50-,53-,56+,57+,58-,59+,64-,65?,66+,67-,68?,69+,70-,71+,72+,73+,74-,75+/m1/s1. The molecule has 18 atom stereocenters. The maximum Gasteiger partial charge on any atom is 0.412 e. The molecule has 7 fully saturated rings. The summed E-state index contributed by atoms with van der Waals surface area (Å²) in [5.74, 6) is -0.0427. The van der Waals surface area contributed by atoms with Crippen LogP contribution in [0.1, 0.15) is 161 Å².